The fourth-order valence-electron chi connectivity index (χ4n) is 3.69. The van der Waals surface area contributed by atoms with Crippen molar-refractivity contribution in [3.8, 4) is 5.75 Å². The predicted molar refractivity (Wildman–Crippen MR) is 107 cm³/mol. The molecular weight excluding hydrogens is 386 g/mol. The number of amides is 1. The number of ether oxygens (including phenoxy) is 1. The first-order valence-electron chi connectivity index (χ1n) is 9.26. The van der Waals surface area contributed by atoms with Crippen molar-refractivity contribution in [1.29, 1.82) is 0 Å². The van der Waals surface area contributed by atoms with Crippen molar-refractivity contribution < 1.29 is 24.5 Å². The maximum absolute atomic E-state index is 12.8. The maximum atomic E-state index is 12.8. The molecule has 148 valence electrons. The molecule has 2 N–H and O–H groups in total. The molecule has 6 nitrogen and oxygen atoms in total. The zero-order chi connectivity index (χ0) is 19.2. The molecule has 1 amide bonds. The minimum absolute atomic E-state index is 0.104. The van der Waals surface area contributed by atoms with E-state index in [4.69, 9.17) is 4.74 Å². The highest BCUT2D eigenvalue weighted by Crippen LogP contribution is 2.40. The van der Waals surface area contributed by atoms with Crippen LogP contribution in [0.4, 0.5) is 0 Å². The van der Waals surface area contributed by atoms with E-state index >= 15 is 0 Å². The fraction of sp³-hybridized carbons (Fsp3) is 0.579. The normalized spacial score (nSPS) is 25.0. The van der Waals surface area contributed by atoms with Gasteiger partial charge in [0.05, 0.1) is 12.1 Å². The molecule has 2 saturated heterocycles. The van der Waals surface area contributed by atoms with Gasteiger partial charge in [0.1, 0.15) is 11.8 Å². The number of carboxylic acids is 1. The third-order valence-electron chi connectivity index (χ3n) is 5.01. The molecule has 0 saturated carbocycles. The minimum atomic E-state index is -0.985. The first kappa shape index (κ1) is 20.4. The lowest BCUT2D eigenvalue weighted by molar-refractivity contribution is -0.149. The fourth-order valence-corrected chi connectivity index (χ4v) is 5.93. The number of phenols is 1. The van der Waals surface area contributed by atoms with Gasteiger partial charge in [0.15, 0.2) is 0 Å². The number of rotatable bonds is 8. The lowest BCUT2D eigenvalue weighted by Gasteiger charge is -2.29. The standard InChI is InChI=1S/C19H25NO5S2/c21-17-6-2-1-5-14(17)15-7-8-16(19(23)24)20(15)18(22)9-11-26-27-12-13-4-3-10-25-13/h1-2,5-6,13,15-16,21H,3-4,7-12H2,(H,23,24). The van der Waals surface area contributed by atoms with Gasteiger partial charge in [-0.3, -0.25) is 4.79 Å². The maximum Gasteiger partial charge on any atom is 0.326 e. The van der Waals surface area contributed by atoms with E-state index in [-0.39, 0.29) is 24.1 Å². The Bertz CT molecular complexity index is 665. The summed E-state index contributed by atoms with van der Waals surface area (Å²) in [6.45, 7) is 0.841. The number of hydrogen-bond donors (Lipinski definition) is 2. The highest BCUT2D eigenvalue weighted by Gasteiger charge is 2.42. The minimum Gasteiger partial charge on any atom is -0.508 e. The van der Waals surface area contributed by atoms with Crippen molar-refractivity contribution in [2.45, 2.75) is 50.3 Å². The molecular formula is C19H25NO5S2. The van der Waals surface area contributed by atoms with E-state index in [1.165, 1.54) is 4.90 Å². The summed E-state index contributed by atoms with van der Waals surface area (Å²) in [5.41, 5.74) is 0.620. The Balaban J connectivity index is 1.56. The molecule has 2 fully saturated rings. The Labute approximate surface area is 167 Å². The second-order valence-corrected chi connectivity index (χ2v) is 9.43. The number of nitrogens with zero attached hydrogens (tertiary/aromatic N) is 1. The van der Waals surface area contributed by atoms with Gasteiger partial charge in [0, 0.05) is 30.1 Å². The Morgan fingerprint density at radius 1 is 1.19 bits per heavy atom. The molecule has 27 heavy (non-hydrogen) atoms. The topological polar surface area (TPSA) is 87.1 Å². The molecule has 2 aliphatic heterocycles. The predicted octanol–water partition coefficient (Wildman–Crippen LogP) is 3.46. The van der Waals surface area contributed by atoms with Crippen LogP contribution in [0.3, 0.4) is 0 Å². The summed E-state index contributed by atoms with van der Waals surface area (Å²) in [5.74, 6) is 0.501. The molecule has 0 bridgehead atoms. The van der Waals surface area contributed by atoms with Crippen molar-refractivity contribution in [1.82, 2.24) is 4.90 Å². The van der Waals surface area contributed by atoms with Crippen molar-refractivity contribution in [3.63, 3.8) is 0 Å². The number of phenolic OH excluding ortho intramolecular Hbond substituents is 1. The first-order valence-corrected chi connectivity index (χ1v) is 11.7. The molecule has 3 atom stereocenters. The SMILES string of the molecule is O=C(O)C1CCC(c2ccccc2O)N1C(=O)CCSSCC1CCCO1. The van der Waals surface area contributed by atoms with E-state index in [9.17, 15) is 19.8 Å². The molecule has 8 heteroatoms. The zero-order valence-electron chi connectivity index (χ0n) is 15.1. The molecule has 0 aromatic heterocycles. The van der Waals surface area contributed by atoms with Crippen LogP contribution in [0.2, 0.25) is 0 Å². The number of likely N-dealkylation sites (tertiary alicyclic amines) is 1. The van der Waals surface area contributed by atoms with Crippen LogP contribution in [0.1, 0.15) is 43.7 Å². The number of hydrogen-bond acceptors (Lipinski definition) is 6. The summed E-state index contributed by atoms with van der Waals surface area (Å²) < 4.78 is 5.58. The summed E-state index contributed by atoms with van der Waals surface area (Å²) in [4.78, 5) is 25.9. The quantitative estimate of drug-likeness (QED) is 0.500. The van der Waals surface area contributed by atoms with E-state index in [2.05, 4.69) is 0 Å². The molecule has 2 aliphatic rings. The molecule has 0 radical (unpaired) electrons. The van der Waals surface area contributed by atoms with Gasteiger partial charge in [-0.2, -0.15) is 0 Å². The lowest BCUT2D eigenvalue weighted by Crippen LogP contribution is -2.42. The van der Waals surface area contributed by atoms with Gasteiger partial charge in [-0.15, -0.1) is 0 Å². The monoisotopic (exact) mass is 411 g/mol. The molecule has 0 aliphatic carbocycles. The van der Waals surface area contributed by atoms with Crippen LogP contribution in [-0.4, -0.2) is 57.2 Å². The van der Waals surface area contributed by atoms with Gasteiger partial charge in [0.2, 0.25) is 5.91 Å². The van der Waals surface area contributed by atoms with Gasteiger partial charge < -0.3 is 19.8 Å². The largest absolute Gasteiger partial charge is 0.508 e. The van der Waals surface area contributed by atoms with Gasteiger partial charge in [0.25, 0.3) is 0 Å². The molecule has 3 unspecified atom stereocenters. The highest BCUT2D eigenvalue weighted by molar-refractivity contribution is 8.76. The van der Waals surface area contributed by atoms with Crippen molar-refractivity contribution >= 4 is 33.5 Å². The lowest BCUT2D eigenvalue weighted by atomic mass is 10.0. The van der Waals surface area contributed by atoms with Crippen LogP contribution in [0.5, 0.6) is 5.75 Å². The summed E-state index contributed by atoms with van der Waals surface area (Å²) in [7, 11) is 3.34. The van der Waals surface area contributed by atoms with Gasteiger partial charge in [-0.25, -0.2) is 4.79 Å². The molecule has 0 spiro atoms. The van der Waals surface area contributed by atoms with Crippen molar-refractivity contribution in [3.05, 3.63) is 29.8 Å². The Morgan fingerprint density at radius 2 is 2.00 bits per heavy atom. The van der Waals surface area contributed by atoms with Crippen LogP contribution < -0.4 is 0 Å². The van der Waals surface area contributed by atoms with Crippen molar-refractivity contribution in [2.75, 3.05) is 18.1 Å². The number of carboxylic acid groups (broad SMARTS) is 1. The third kappa shape index (κ3) is 5.12. The van der Waals surface area contributed by atoms with E-state index in [0.29, 0.717) is 30.3 Å². The smallest absolute Gasteiger partial charge is 0.326 e. The molecule has 3 rings (SSSR count). The van der Waals surface area contributed by atoms with Crippen molar-refractivity contribution in [2.24, 2.45) is 0 Å². The number of para-hydroxylation sites is 1. The van der Waals surface area contributed by atoms with Crippen LogP contribution in [-0.2, 0) is 14.3 Å². The van der Waals surface area contributed by atoms with E-state index in [0.717, 1.165) is 25.2 Å². The van der Waals surface area contributed by atoms with E-state index in [1.807, 2.05) is 0 Å². The number of carbonyl (C=O) groups is 2. The Kier molecular flexibility index (Phi) is 7.32. The van der Waals surface area contributed by atoms with Gasteiger partial charge >= 0.3 is 5.97 Å². The van der Waals surface area contributed by atoms with Crippen LogP contribution >= 0.6 is 21.6 Å². The Morgan fingerprint density at radius 3 is 2.70 bits per heavy atom. The third-order valence-corrected chi connectivity index (χ3v) is 7.47. The number of aliphatic carboxylic acids is 1. The Hall–Kier alpha value is -1.38. The van der Waals surface area contributed by atoms with Crippen LogP contribution in [0.25, 0.3) is 0 Å². The summed E-state index contributed by atoms with van der Waals surface area (Å²) in [6.07, 6.45) is 3.77. The number of aromatic hydroxyl groups is 1. The second kappa shape index (κ2) is 9.71. The molecule has 2 heterocycles. The average Bonchev–Trinajstić information content (AvgIpc) is 3.31. The van der Waals surface area contributed by atoms with Gasteiger partial charge in [-0.05, 0) is 31.7 Å². The highest BCUT2D eigenvalue weighted by atomic mass is 33.1. The van der Waals surface area contributed by atoms with E-state index < -0.39 is 12.0 Å². The average molecular weight is 412 g/mol. The van der Waals surface area contributed by atoms with E-state index in [1.54, 1.807) is 45.9 Å². The first-order chi connectivity index (χ1) is 13.1. The molecule has 1 aromatic rings. The number of benzene rings is 1. The number of carbonyl (C=O) groups excluding carboxylic acids is 1. The van der Waals surface area contributed by atoms with Gasteiger partial charge in [-0.1, -0.05) is 39.8 Å². The molecule has 1 aromatic carbocycles. The van der Waals surface area contributed by atoms with Crippen LogP contribution in [0.15, 0.2) is 24.3 Å². The summed E-state index contributed by atoms with van der Waals surface area (Å²) in [6, 6.07) is 5.64. The summed E-state index contributed by atoms with van der Waals surface area (Å²) >= 11 is 0. The summed E-state index contributed by atoms with van der Waals surface area (Å²) in [5, 5.41) is 19.7. The zero-order valence-corrected chi connectivity index (χ0v) is 16.7. The second-order valence-electron chi connectivity index (χ2n) is 6.80. The van der Waals surface area contributed by atoms with Crippen LogP contribution in [0, 0.1) is 0 Å².